The summed E-state index contributed by atoms with van der Waals surface area (Å²) in [6.45, 7) is 3.83. The van der Waals surface area contributed by atoms with Crippen LogP contribution in [0.1, 0.15) is 16.7 Å². The lowest BCUT2D eigenvalue weighted by atomic mass is 9.89. The Labute approximate surface area is 124 Å². The van der Waals surface area contributed by atoms with Crippen molar-refractivity contribution < 1.29 is 10.2 Å². The zero-order chi connectivity index (χ0) is 15.0. The second-order valence-electron chi connectivity index (χ2n) is 5.40. The molecule has 3 aromatic rings. The molecule has 0 atom stereocenters. The van der Waals surface area contributed by atoms with Crippen LogP contribution in [0.5, 0.6) is 5.75 Å². The van der Waals surface area contributed by atoms with Gasteiger partial charge in [-0.25, -0.2) is 0 Å². The Balaban J connectivity index is 2.47. The molecule has 2 nitrogen and oxygen atoms in total. The van der Waals surface area contributed by atoms with E-state index >= 15 is 0 Å². The Morgan fingerprint density at radius 1 is 0.810 bits per heavy atom. The molecule has 0 bridgehead atoms. The van der Waals surface area contributed by atoms with Crippen molar-refractivity contribution in [3.05, 3.63) is 65.2 Å². The third-order valence-electron chi connectivity index (χ3n) is 4.02. The number of phenolic OH excluding ortho intramolecular Hbond substituents is 1. The van der Waals surface area contributed by atoms with Crippen molar-refractivity contribution in [1.29, 1.82) is 0 Å². The quantitative estimate of drug-likeness (QED) is 0.733. The van der Waals surface area contributed by atoms with E-state index in [1.165, 1.54) is 0 Å². The zero-order valence-electron chi connectivity index (χ0n) is 12.2. The van der Waals surface area contributed by atoms with Crippen LogP contribution in [-0.4, -0.2) is 10.2 Å². The molecule has 0 spiro atoms. The summed E-state index contributed by atoms with van der Waals surface area (Å²) in [4.78, 5) is 0. The van der Waals surface area contributed by atoms with Crippen LogP contribution in [0.2, 0.25) is 0 Å². The molecule has 21 heavy (non-hydrogen) atoms. The second-order valence-corrected chi connectivity index (χ2v) is 5.40. The van der Waals surface area contributed by atoms with Gasteiger partial charge in [0.1, 0.15) is 5.75 Å². The molecule has 3 rings (SSSR count). The average Bonchev–Trinajstić information content (AvgIpc) is 2.51. The second kappa shape index (κ2) is 5.23. The van der Waals surface area contributed by atoms with E-state index in [4.69, 9.17) is 0 Å². The number of hydrogen-bond acceptors (Lipinski definition) is 2. The molecular formula is C19H18O2. The summed E-state index contributed by atoms with van der Waals surface area (Å²) in [6.07, 6.45) is 0. The first kappa shape index (κ1) is 13.7. The maximum atomic E-state index is 10.5. The van der Waals surface area contributed by atoms with E-state index in [0.717, 1.165) is 38.6 Å². The highest BCUT2D eigenvalue weighted by molar-refractivity contribution is 6.00. The van der Waals surface area contributed by atoms with Gasteiger partial charge < -0.3 is 10.2 Å². The third kappa shape index (κ3) is 2.18. The van der Waals surface area contributed by atoms with Gasteiger partial charge in [0.15, 0.2) is 0 Å². The molecule has 0 aliphatic carbocycles. The number of benzene rings is 3. The van der Waals surface area contributed by atoms with Crippen LogP contribution >= 0.6 is 0 Å². The molecule has 2 heteroatoms. The molecule has 106 valence electrons. The number of rotatable bonds is 2. The maximum absolute atomic E-state index is 10.5. The van der Waals surface area contributed by atoms with Crippen molar-refractivity contribution >= 4 is 10.8 Å². The molecular weight excluding hydrogens is 260 g/mol. The first-order valence-electron chi connectivity index (χ1n) is 7.04. The lowest BCUT2D eigenvalue weighted by Crippen LogP contribution is -1.95. The van der Waals surface area contributed by atoms with Gasteiger partial charge in [-0.05, 0) is 46.9 Å². The predicted molar refractivity (Wildman–Crippen MR) is 86.4 cm³/mol. The van der Waals surface area contributed by atoms with E-state index in [0.29, 0.717) is 5.75 Å². The molecule has 0 saturated carbocycles. The van der Waals surface area contributed by atoms with Gasteiger partial charge in [0.2, 0.25) is 0 Å². The fourth-order valence-electron chi connectivity index (χ4n) is 2.86. The molecule has 2 N–H and O–H groups in total. The molecule has 0 amide bonds. The van der Waals surface area contributed by atoms with Gasteiger partial charge >= 0.3 is 0 Å². The summed E-state index contributed by atoms with van der Waals surface area (Å²) in [5.74, 6) is 0.293. The minimum Gasteiger partial charge on any atom is -0.507 e. The predicted octanol–water partition coefficient (Wildman–Crippen LogP) is 4.32. The SMILES string of the molecule is Cc1ccc(C)c(-c2c(CO)ccc3ccccc23)c1O. The van der Waals surface area contributed by atoms with Crippen LogP contribution in [0.15, 0.2) is 48.5 Å². The lowest BCUT2D eigenvalue weighted by molar-refractivity contribution is 0.282. The standard InChI is InChI=1S/C19H18O2/c1-12-7-8-13(2)19(21)17(12)18-15(11-20)10-9-14-5-3-4-6-16(14)18/h3-10,20-21H,11H2,1-2H3. The van der Waals surface area contributed by atoms with Crippen molar-refractivity contribution in [2.24, 2.45) is 0 Å². The van der Waals surface area contributed by atoms with Crippen molar-refractivity contribution in [3.63, 3.8) is 0 Å². The highest BCUT2D eigenvalue weighted by Gasteiger charge is 2.16. The maximum Gasteiger partial charge on any atom is 0.126 e. The van der Waals surface area contributed by atoms with Crippen LogP contribution in [0.25, 0.3) is 21.9 Å². The summed E-state index contributed by atoms with van der Waals surface area (Å²) in [5, 5.41) is 22.4. The molecule has 0 heterocycles. The van der Waals surface area contributed by atoms with Crippen LogP contribution in [0.3, 0.4) is 0 Å². The first-order valence-corrected chi connectivity index (χ1v) is 7.04. The van der Waals surface area contributed by atoms with Crippen LogP contribution in [0.4, 0.5) is 0 Å². The van der Waals surface area contributed by atoms with Gasteiger partial charge in [-0.2, -0.15) is 0 Å². The van der Waals surface area contributed by atoms with E-state index in [2.05, 4.69) is 0 Å². The fourth-order valence-corrected chi connectivity index (χ4v) is 2.86. The molecule has 0 aliphatic heterocycles. The van der Waals surface area contributed by atoms with Crippen molar-refractivity contribution in [2.75, 3.05) is 0 Å². The van der Waals surface area contributed by atoms with Crippen LogP contribution in [0, 0.1) is 13.8 Å². The number of phenols is 1. The molecule has 0 saturated heterocycles. The van der Waals surface area contributed by atoms with E-state index in [-0.39, 0.29) is 6.61 Å². The van der Waals surface area contributed by atoms with Crippen molar-refractivity contribution in [3.8, 4) is 16.9 Å². The van der Waals surface area contributed by atoms with Crippen molar-refractivity contribution in [2.45, 2.75) is 20.5 Å². The van der Waals surface area contributed by atoms with E-state index in [1.807, 2.05) is 62.4 Å². The van der Waals surface area contributed by atoms with Crippen molar-refractivity contribution in [1.82, 2.24) is 0 Å². The number of aromatic hydroxyl groups is 1. The summed E-state index contributed by atoms with van der Waals surface area (Å²) < 4.78 is 0. The summed E-state index contributed by atoms with van der Waals surface area (Å²) in [6, 6.07) is 15.9. The number of aliphatic hydroxyl groups excluding tert-OH is 1. The van der Waals surface area contributed by atoms with Gasteiger partial charge in [0.05, 0.1) is 6.61 Å². The van der Waals surface area contributed by atoms with Gasteiger partial charge in [-0.3, -0.25) is 0 Å². The minimum atomic E-state index is -0.0486. The molecule has 0 aromatic heterocycles. The van der Waals surface area contributed by atoms with E-state index in [1.54, 1.807) is 0 Å². The van der Waals surface area contributed by atoms with Crippen LogP contribution in [-0.2, 0) is 6.61 Å². The third-order valence-corrected chi connectivity index (χ3v) is 4.02. The number of fused-ring (bicyclic) bond motifs is 1. The number of aliphatic hydroxyl groups is 1. The Hall–Kier alpha value is -2.32. The normalized spacial score (nSPS) is 11.0. The Kier molecular flexibility index (Phi) is 3.40. The van der Waals surface area contributed by atoms with Gasteiger partial charge in [-0.15, -0.1) is 0 Å². The topological polar surface area (TPSA) is 40.5 Å². The highest BCUT2D eigenvalue weighted by Crippen LogP contribution is 2.40. The number of aryl methyl sites for hydroxylation is 2. The largest absolute Gasteiger partial charge is 0.507 e. The monoisotopic (exact) mass is 278 g/mol. The molecule has 0 unspecified atom stereocenters. The zero-order valence-corrected chi connectivity index (χ0v) is 12.2. The molecule has 0 radical (unpaired) electrons. The summed E-state index contributed by atoms with van der Waals surface area (Å²) in [5.41, 5.74) is 4.42. The van der Waals surface area contributed by atoms with E-state index < -0.39 is 0 Å². The minimum absolute atomic E-state index is 0.0486. The Morgan fingerprint density at radius 3 is 2.29 bits per heavy atom. The highest BCUT2D eigenvalue weighted by atomic mass is 16.3. The first-order chi connectivity index (χ1) is 10.1. The smallest absolute Gasteiger partial charge is 0.126 e. The summed E-state index contributed by atoms with van der Waals surface area (Å²) >= 11 is 0. The Bertz CT molecular complexity index is 819. The molecule has 0 aliphatic rings. The molecule has 3 aromatic carbocycles. The number of hydrogen-bond donors (Lipinski definition) is 2. The average molecular weight is 278 g/mol. The van der Waals surface area contributed by atoms with Gasteiger partial charge in [-0.1, -0.05) is 48.5 Å². The van der Waals surface area contributed by atoms with Gasteiger partial charge in [0.25, 0.3) is 0 Å². The van der Waals surface area contributed by atoms with Gasteiger partial charge in [0, 0.05) is 5.56 Å². The van der Waals surface area contributed by atoms with Crippen LogP contribution < -0.4 is 0 Å². The van der Waals surface area contributed by atoms with E-state index in [9.17, 15) is 10.2 Å². The lowest BCUT2D eigenvalue weighted by Gasteiger charge is -2.17. The fraction of sp³-hybridized carbons (Fsp3) is 0.158. The Morgan fingerprint density at radius 2 is 1.52 bits per heavy atom. The summed E-state index contributed by atoms with van der Waals surface area (Å²) in [7, 11) is 0. The molecule has 0 fully saturated rings.